The van der Waals surface area contributed by atoms with Crippen molar-refractivity contribution >= 4 is 17.7 Å². The second-order valence-corrected chi connectivity index (χ2v) is 6.63. The summed E-state index contributed by atoms with van der Waals surface area (Å²) >= 11 is 1.67. The third-order valence-corrected chi connectivity index (χ3v) is 4.83. The first-order valence-corrected chi connectivity index (χ1v) is 9.06. The Kier molecular flexibility index (Phi) is 5.54. The van der Waals surface area contributed by atoms with Gasteiger partial charge in [0.2, 0.25) is 5.89 Å². The van der Waals surface area contributed by atoms with E-state index >= 15 is 0 Å². The van der Waals surface area contributed by atoms with Gasteiger partial charge < -0.3 is 9.15 Å². The van der Waals surface area contributed by atoms with E-state index in [0.717, 1.165) is 5.75 Å². The Morgan fingerprint density at radius 2 is 2.20 bits per heavy atom. The molecule has 0 saturated carbocycles. The highest BCUT2D eigenvalue weighted by Crippen LogP contribution is 2.19. The van der Waals surface area contributed by atoms with Gasteiger partial charge in [0, 0.05) is 23.6 Å². The second-order valence-electron chi connectivity index (χ2n) is 5.48. The molecule has 1 aliphatic rings. The van der Waals surface area contributed by atoms with Crippen molar-refractivity contribution in [2.24, 2.45) is 0 Å². The van der Waals surface area contributed by atoms with E-state index in [0.29, 0.717) is 24.5 Å². The van der Waals surface area contributed by atoms with E-state index in [4.69, 9.17) is 9.15 Å². The molecule has 1 aliphatic heterocycles. The molecule has 0 amide bonds. The summed E-state index contributed by atoms with van der Waals surface area (Å²) in [6, 6.07) is 5.10. The normalized spacial score (nSPS) is 18.2. The van der Waals surface area contributed by atoms with Crippen molar-refractivity contribution in [3.8, 4) is 11.5 Å². The number of thioether (sulfide) groups is 1. The fourth-order valence-corrected chi connectivity index (χ4v) is 3.64. The Bertz CT molecular complexity index is 789. The molecule has 0 bridgehead atoms. The number of rotatable bonds is 5. The molecule has 0 aliphatic carbocycles. The average Bonchev–Trinajstić information content (AvgIpc) is 2.97. The van der Waals surface area contributed by atoms with Crippen molar-refractivity contribution < 1.29 is 18.3 Å². The number of benzene rings is 1. The summed E-state index contributed by atoms with van der Waals surface area (Å²) in [6.45, 7) is 2.84. The molecular formula is C16H18FN3O4S. The lowest BCUT2D eigenvalue weighted by Crippen LogP contribution is -2.49. The van der Waals surface area contributed by atoms with Crippen molar-refractivity contribution in [1.82, 2.24) is 14.7 Å². The quantitative estimate of drug-likeness (QED) is 0.743. The molecule has 3 rings (SSSR count). The number of hydrogen-bond acceptors (Lipinski definition) is 7. The van der Waals surface area contributed by atoms with E-state index in [-0.39, 0.29) is 24.3 Å². The third-order valence-electron chi connectivity index (χ3n) is 3.81. The van der Waals surface area contributed by atoms with E-state index < -0.39 is 11.8 Å². The minimum absolute atomic E-state index is 0.115. The van der Waals surface area contributed by atoms with Gasteiger partial charge in [-0.15, -0.1) is 5.10 Å². The van der Waals surface area contributed by atoms with Gasteiger partial charge in [-0.25, -0.2) is 9.18 Å². The van der Waals surface area contributed by atoms with Crippen LogP contribution < -0.4 is 5.76 Å². The number of halogens is 1. The fourth-order valence-electron chi connectivity index (χ4n) is 2.54. The lowest BCUT2D eigenvalue weighted by molar-refractivity contribution is -0.149. The average molecular weight is 367 g/mol. The molecule has 2 heterocycles. The van der Waals surface area contributed by atoms with Crippen LogP contribution >= 0.6 is 11.8 Å². The number of hydrogen-bond donors (Lipinski definition) is 0. The number of ether oxygens (including phenoxy) is 1. The maximum atomic E-state index is 13.0. The van der Waals surface area contributed by atoms with Gasteiger partial charge in [0.1, 0.15) is 18.5 Å². The zero-order valence-corrected chi connectivity index (χ0v) is 14.5. The number of carbonyl (C=O) groups is 1. The molecule has 0 N–H and O–H groups in total. The van der Waals surface area contributed by atoms with Crippen molar-refractivity contribution in [2.75, 3.05) is 24.7 Å². The fraction of sp³-hybridized carbons (Fsp3) is 0.438. The summed E-state index contributed by atoms with van der Waals surface area (Å²) in [5.41, 5.74) is 0.508. The van der Waals surface area contributed by atoms with Gasteiger partial charge in [0.25, 0.3) is 0 Å². The van der Waals surface area contributed by atoms with Gasteiger partial charge in [-0.1, -0.05) is 0 Å². The van der Waals surface area contributed by atoms with Crippen LogP contribution in [0.1, 0.15) is 6.92 Å². The monoisotopic (exact) mass is 367 g/mol. The molecule has 9 heteroatoms. The van der Waals surface area contributed by atoms with Crippen LogP contribution in [0.4, 0.5) is 4.39 Å². The first kappa shape index (κ1) is 17.7. The molecule has 1 atom stereocenters. The lowest BCUT2D eigenvalue weighted by atomic mass is 10.2. The van der Waals surface area contributed by atoms with Crippen molar-refractivity contribution in [3.05, 3.63) is 40.6 Å². The maximum absolute atomic E-state index is 13.0. The molecule has 2 aromatic rings. The summed E-state index contributed by atoms with van der Waals surface area (Å²) in [5, 5.41) is 4.16. The lowest BCUT2D eigenvalue weighted by Gasteiger charge is -2.32. The molecule has 0 unspecified atom stereocenters. The number of nitrogens with zero attached hydrogens (tertiary/aromatic N) is 3. The molecule has 1 aromatic carbocycles. The highest BCUT2D eigenvalue weighted by atomic mass is 32.2. The zero-order valence-electron chi connectivity index (χ0n) is 13.7. The van der Waals surface area contributed by atoms with Crippen LogP contribution in [0, 0.1) is 5.82 Å². The Hall–Kier alpha value is -2.13. The van der Waals surface area contributed by atoms with Crippen molar-refractivity contribution in [3.63, 3.8) is 0 Å². The minimum Gasteiger partial charge on any atom is -0.465 e. The van der Waals surface area contributed by atoms with Crippen LogP contribution in [0.5, 0.6) is 0 Å². The summed E-state index contributed by atoms with van der Waals surface area (Å²) in [6.07, 6.45) is 0. The first-order valence-electron chi connectivity index (χ1n) is 7.91. The highest BCUT2D eigenvalue weighted by molar-refractivity contribution is 7.99. The zero-order chi connectivity index (χ0) is 17.8. The predicted molar refractivity (Wildman–Crippen MR) is 90.6 cm³/mol. The van der Waals surface area contributed by atoms with Crippen LogP contribution in [-0.2, 0) is 16.2 Å². The van der Waals surface area contributed by atoms with E-state index in [9.17, 15) is 14.0 Å². The molecular weight excluding hydrogens is 349 g/mol. The maximum Gasteiger partial charge on any atom is 0.438 e. The van der Waals surface area contributed by atoms with Gasteiger partial charge >= 0.3 is 11.7 Å². The first-order chi connectivity index (χ1) is 12.1. The molecule has 7 nitrogen and oxygen atoms in total. The highest BCUT2D eigenvalue weighted by Gasteiger charge is 2.31. The number of esters is 1. The third kappa shape index (κ3) is 4.10. The smallest absolute Gasteiger partial charge is 0.438 e. The second kappa shape index (κ2) is 7.83. The van der Waals surface area contributed by atoms with Crippen LogP contribution in [0.2, 0.25) is 0 Å². The van der Waals surface area contributed by atoms with Gasteiger partial charge in [0.15, 0.2) is 0 Å². The van der Waals surface area contributed by atoms with Gasteiger partial charge in [-0.3, -0.25) is 9.69 Å². The standard InChI is InChI=1S/C16H18FN3O4S/c1-2-23-15(21)13-9-25-8-7-19(13)10-20-16(22)24-14(18-20)11-3-5-12(17)6-4-11/h3-6,13H,2,7-10H2,1H3/t13-/m1/s1. The summed E-state index contributed by atoms with van der Waals surface area (Å²) in [5.74, 6) is 0.270. The molecule has 1 aromatic heterocycles. The van der Waals surface area contributed by atoms with Gasteiger partial charge in [0.05, 0.1) is 6.61 Å². The SMILES string of the molecule is CCOC(=O)[C@H]1CSCCN1Cn1nc(-c2ccc(F)cc2)oc1=O. The van der Waals surface area contributed by atoms with Crippen LogP contribution in [-0.4, -0.2) is 51.3 Å². The molecule has 134 valence electrons. The van der Waals surface area contributed by atoms with Crippen molar-refractivity contribution in [1.29, 1.82) is 0 Å². The van der Waals surface area contributed by atoms with E-state index in [1.54, 1.807) is 18.7 Å². The Morgan fingerprint density at radius 1 is 1.44 bits per heavy atom. The van der Waals surface area contributed by atoms with Gasteiger partial charge in [-0.05, 0) is 31.2 Å². The topological polar surface area (TPSA) is 77.6 Å². The minimum atomic E-state index is -0.625. The van der Waals surface area contributed by atoms with E-state index in [2.05, 4.69) is 5.10 Å². The molecule has 1 fully saturated rings. The number of aromatic nitrogens is 2. The summed E-state index contributed by atoms with van der Waals surface area (Å²) in [7, 11) is 0. The molecule has 0 spiro atoms. The summed E-state index contributed by atoms with van der Waals surface area (Å²) < 4.78 is 24.4. The number of carbonyl (C=O) groups excluding carboxylic acids is 1. The Labute approximate surface area is 147 Å². The van der Waals surface area contributed by atoms with E-state index in [1.807, 2.05) is 4.90 Å². The van der Waals surface area contributed by atoms with E-state index in [1.165, 1.54) is 28.9 Å². The van der Waals surface area contributed by atoms with Crippen LogP contribution in [0.3, 0.4) is 0 Å². The van der Waals surface area contributed by atoms with Crippen LogP contribution in [0.15, 0.2) is 33.5 Å². The summed E-state index contributed by atoms with van der Waals surface area (Å²) in [4.78, 5) is 26.0. The van der Waals surface area contributed by atoms with Crippen molar-refractivity contribution in [2.45, 2.75) is 19.6 Å². The molecule has 1 saturated heterocycles. The van der Waals surface area contributed by atoms with Gasteiger partial charge in [-0.2, -0.15) is 16.4 Å². The Balaban J connectivity index is 1.78. The Morgan fingerprint density at radius 3 is 2.92 bits per heavy atom. The van der Waals surface area contributed by atoms with Crippen LogP contribution in [0.25, 0.3) is 11.5 Å². The molecule has 25 heavy (non-hydrogen) atoms. The molecule has 0 radical (unpaired) electrons. The largest absolute Gasteiger partial charge is 0.465 e. The predicted octanol–water partition coefficient (Wildman–Crippen LogP) is 1.58.